The first-order valence-corrected chi connectivity index (χ1v) is 6.73. The Bertz CT molecular complexity index is 599. The van der Waals surface area contributed by atoms with E-state index in [1.807, 2.05) is 0 Å². The average Bonchev–Trinajstić information content (AvgIpc) is 2.87. The summed E-state index contributed by atoms with van der Waals surface area (Å²) in [6, 6.07) is 5.84. The zero-order chi connectivity index (χ0) is 15.0. The zero-order valence-electron chi connectivity index (χ0n) is 11.3. The fourth-order valence-electron chi connectivity index (χ4n) is 2.73. The van der Waals surface area contributed by atoms with Gasteiger partial charge in [0.25, 0.3) is 5.91 Å². The number of rotatable bonds is 2. The number of benzene rings is 1. The summed E-state index contributed by atoms with van der Waals surface area (Å²) < 4.78 is 0. The minimum atomic E-state index is -1.02. The van der Waals surface area contributed by atoms with Gasteiger partial charge in [-0.15, -0.1) is 0 Å². The van der Waals surface area contributed by atoms with Crippen LogP contribution in [0.3, 0.4) is 0 Å². The Morgan fingerprint density at radius 1 is 1.14 bits per heavy atom. The highest BCUT2D eigenvalue weighted by atomic mass is 16.4. The lowest BCUT2D eigenvalue weighted by Crippen LogP contribution is -2.53. The van der Waals surface area contributed by atoms with E-state index in [1.54, 1.807) is 9.80 Å². The number of nitrogens with zero attached hydrogens (tertiary/aromatic N) is 2. The molecule has 7 nitrogen and oxygen atoms in total. The van der Waals surface area contributed by atoms with E-state index < -0.39 is 5.97 Å². The lowest BCUT2D eigenvalue weighted by molar-refractivity contribution is 0.0615. The van der Waals surface area contributed by atoms with Crippen LogP contribution in [0.4, 0.5) is 4.79 Å². The Hall–Kier alpha value is -2.57. The molecule has 21 heavy (non-hydrogen) atoms. The summed E-state index contributed by atoms with van der Waals surface area (Å²) in [4.78, 5) is 38.2. The molecular weight excluding hydrogens is 274 g/mol. The van der Waals surface area contributed by atoms with Crippen LogP contribution in [-0.4, -0.2) is 65.0 Å². The number of hydrogen-bond donors (Lipinski definition) is 2. The number of nitrogens with one attached hydrogen (secondary N) is 1. The summed E-state index contributed by atoms with van der Waals surface area (Å²) >= 11 is 0. The van der Waals surface area contributed by atoms with Gasteiger partial charge in [-0.05, 0) is 24.3 Å². The number of piperazine rings is 1. The molecule has 1 unspecified atom stereocenters. The van der Waals surface area contributed by atoms with E-state index in [0.717, 1.165) is 0 Å². The molecule has 110 valence electrons. The van der Waals surface area contributed by atoms with E-state index >= 15 is 0 Å². The first-order valence-electron chi connectivity index (χ1n) is 6.73. The molecular formula is C14H15N3O4. The van der Waals surface area contributed by atoms with Crippen molar-refractivity contribution in [1.82, 2.24) is 15.1 Å². The van der Waals surface area contributed by atoms with Gasteiger partial charge >= 0.3 is 12.0 Å². The molecule has 2 saturated heterocycles. The van der Waals surface area contributed by atoms with Gasteiger partial charge in [-0.2, -0.15) is 0 Å². The summed E-state index contributed by atoms with van der Waals surface area (Å²) in [6.45, 7) is 2.07. The van der Waals surface area contributed by atoms with Gasteiger partial charge in [0.05, 0.1) is 11.6 Å². The van der Waals surface area contributed by atoms with Crippen LogP contribution in [0.2, 0.25) is 0 Å². The predicted molar refractivity (Wildman–Crippen MR) is 73.2 cm³/mol. The van der Waals surface area contributed by atoms with Crippen molar-refractivity contribution in [3.05, 3.63) is 35.4 Å². The Morgan fingerprint density at radius 2 is 1.81 bits per heavy atom. The van der Waals surface area contributed by atoms with Crippen molar-refractivity contribution in [2.24, 2.45) is 0 Å². The van der Waals surface area contributed by atoms with Crippen LogP contribution in [0.1, 0.15) is 20.7 Å². The molecule has 0 saturated carbocycles. The van der Waals surface area contributed by atoms with Gasteiger partial charge in [-0.1, -0.05) is 0 Å². The minimum absolute atomic E-state index is 0.0218. The van der Waals surface area contributed by atoms with Gasteiger partial charge in [0.2, 0.25) is 0 Å². The van der Waals surface area contributed by atoms with E-state index in [0.29, 0.717) is 31.7 Å². The molecule has 3 amide bonds. The van der Waals surface area contributed by atoms with E-state index in [1.165, 1.54) is 24.3 Å². The number of urea groups is 1. The molecule has 0 aromatic heterocycles. The van der Waals surface area contributed by atoms with Crippen molar-refractivity contribution in [2.45, 2.75) is 6.04 Å². The Labute approximate surface area is 121 Å². The van der Waals surface area contributed by atoms with Gasteiger partial charge in [-0.3, -0.25) is 4.79 Å². The third kappa shape index (κ3) is 2.42. The maximum Gasteiger partial charge on any atom is 0.335 e. The topological polar surface area (TPSA) is 90.0 Å². The Balaban J connectivity index is 1.71. The van der Waals surface area contributed by atoms with Crippen LogP contribution >= 0.6 is 0 Å². The number of amides is 3. The second-order valence-electron chi connectivity index (χ2n) is 5.17. The van der Waals surface area contributed by atoms with E-state index in [4.69, 9.17) is 5.11 Å². The highest BCUT2D eigenvalue weighted by molar-refractivity contribution is 5.96. The smallest absolute Gasteiger partial charge is 0.335 e. The van der Waals surface area contributed by atoms with Gasteiger partial charge in [0.1, 0.15) is 0 Å². The first-order chi connectivity index (χ1) is 10.1. The van der Waals surface area contributed by atoms with Crippen molar-refractivity contribution >= 4 is 17.9 Å². The summed E-state index contributed by atoms with van der Waals surface area (Å²) in [7, 11) is 0. The van der Waals surface area contributed by atoms with E-state index in [9.17, 15) is 14.4 Å². The predicted octanol–water partition coefficient (Wildman–Crippen LogP) is 0.234. The highest BCUT2D eigenvalue weighted by Gasteiger charge is 2.36. The lowest BCUT2D eigenvalue weighted by Gasteiger charge is -2.36. The quantitative estimate of drug-likeness (QED) is 0.815. The molecule has 2 N–H and O–H groups in total. The maximum atomic E-state index is 12.4. The Morgan fingerprint density at radius 3 is 2.48 bits per heavy atom. The lowest BCUT2D eigenvalue weighted by atomic mass is 10.1. The molecule has 0 aliphatic carbocycles. The fraction of sp³-hybridized carbons (Fsp3) is 0.357. The number of fused-ring (bicyclic) bond motifs is 1. The number of carbonyl (C=O) groups excluding carboxylic acids is 2. The van der Waals surface area contributed by atoms with Crippen LogP contribution in [0.25, 0.3) is 0 Å². The molecule has 2 heterocycles. The number of carboxylic acid groups (broad SMARTS) is 1. The normalized spacial score (nSPS) is 21.0. The SMILES string of the molecule is O=C(O)c1ccc(C(=O)N2CCN3C(=O)NCC3C2)cc1. The number of carbonyl (C=O) groups is 3. The van der Waals surface area contributed by atoms with Crippen molar-refractivity contribution in [1.29, 1.82) is 0 Å². The van der Waals surface area contributed by atoms with Crippen LogP contribution in [-0.2, 0) is 0 Å². The minimum Gasteiger partial charge on any atom is -0.478 e. The summed E-state index contributed by atoms with van der Waals surface area (Å²) in [5.74, 6) is -1.15. The van der Waals surface area contributed by atoms with Gasteiger partial charge in [0.15, 0.2) is 0 Å². The van der Waals surface area contributed by atoms with Crippen LogP contribution in [0, 0.1) is 0 Å². The molecule has 2 aliphatic rings. The van der Waals surface area contributed by atoms with Crippen molar-refractivity contribution in [3.63, 3.8) is 0 Å². The molecule has 2 aliphatic heterocycles. The van der Waals surface area contributed by atoms with Crippen molar-refractivity contribution in [3.8, 4) is 0 Å². The molecule has 0 spiro atoms. The van der Waals surface area contributed by atoms with Gasteiger partial charge in [0, 0.05) is 31.7 Å². The van der Waals surface area contributed by atoms with Crippen LogP contribution < -0.4 is 5.32 Å². The molecule has 0 bridgehead atoms. The van der Waals surface area contributed by atoms with Gasteiger partial charge < -0.3 is 20.2 Å². The number of hydrogen-bond acceptors (Lipinski definition) is 3. The highest BCUT2D eigenvalue weighted by Crippen LogP contribution is 2.17. The Kier molecular flexibility index (Phi) is 3.25. The first kappa shape index (κ1) is 13.4. The largest absolute Gasteiger partial charge is 0.478 e. The second-order valence-corrected chi connectivity index (χ2v) is 5.17. The van der Waals surface area contributed by atoms with Gasteiger partial charge in [-0.25, -0.2) is 9.59 Å². The molecule has 0 radical (unpaired) electrons. The summed E-state index contributed by atoms with van der Waals surface area (Å²) in [5, 5.41) is 11.6. The van der Waals surface area contributed by atoms with Crippen molar-refractivity contribution in [2.75, 3.05) is 26.2 Å². The number of aromatic carboxylic acids is 1. The second kappa shape index (κ2) is 5.08. The van der Waals surface area contributed by atoms with Crippen LogP contribution in [0.15, 0.2) is 24.3 Å². The maximum absolute atomic E-state index is 12.4. The number of carboxylic acids is 1. The average molecular weight is 289 g/mol. The molecule has 1 atom stereocenters. The molecule has 7 heteroatoms. The molecule has 2 fully saturated rings. The third-order valence-corrected chi connectivity index (χ3v) is 3.90. The standard InChI is InChI=1S/C14H15N3O4/c18-12(9-1-3-10(4-2-9)13(19)20)16-5-6-17-11(8-16)7-15-14(17)21/h1-4,11H,5-8H2,(H,15,21)(H,19,20). The summed E-state index contributed by atoms with van der Waals surface area (Å²) in [5.41, 5.74) is 0.618. The van der Waals surface area contributed by atoms with Crippen molar-refractivity contribution < 1.29 is 19.5 Å². The fourth-order valence-corrected chi connectivity index (χ4v) is 2.73. The molecule has 1 aromatic rings. The zero-order valence-corrected chi connectivity index (χ0v) is 11.3. The monoisotopic (exact) mass is 289 g/mol. The van der Waals surface area contributed by atoms with E-state index in [2.05, 4.69) is 5.32 Å². The third-order valence-electron chi connectivity index (χ3n) is 3.90. The van der Waals surface area contributed by atoms with Crippen LogP contribution in [0.5, 0.6) is 0 Å². The van der Waals surface area contributed by atoms with E-state index in [-0.39, 0.29) is 23.5 Å². The molecule has 1 aromatic carbocycles. The summed E-state index contributed by atoms with van der Waals surface area (Å²) in [6.07, 6.45) is 0. The molecule has 3 rings (SSSR count).